The number of piperidine rings is 1. The summed E-state index contributed by atoms with van der Waals surface area (Å²) in [6.07, 6.45) is 7.34. The summed E-state index contributed by atoms with van der Waals surface area (Å²) in [5.41, 5.74) is 1.47. The van der Waals surface area contributed by atoms with Gasteiger partial charge in [-0.3, -0.25) is 14.7 Å². The molecule has 0 bridgehead atoms. The minimum absolute atomic E-state index is 0.134. The van der Waals surface area contributed by atoms with Gasteiger partial charge in [-0.1, -0.05) is 31.5 Å². The van der Waals surface area contributed by atoms with Crippen LogP contribution in [0.5, 0.6) is 0 Å². The van der Waals surface area contributed by atoms with E-state index in [0.29, 0.717) is 12.2 Å². The first-order valence-electron chi connectivity index (χ1n) is 9.04. The summed E-state index contributed by atoms with van der Waals surface area (Å²) in [6.45, 7) is 6.66. The lowest BCUT2D eigenvalue weighted by atomic mass is 10.0. The number of hydrogen-bond donors (Lipinski definition) is 1. The van der Waals surface area contributed by atoms with Gasteiger partial charge in [0.05, 0.1) is 6.04 Å². The van der Waals surface area contributed by atoms with Gasteiger partial charge in [-0.25, -0.2) is 0 Å². The zero-order valence-electron chi connectivity index (χ0n) is 14.9. The van der Waals surface area contributed by atoms with Crippen LogP contribution in [0, 0.1) is 0 Å². The van der Waals surface area contributed by atoms with Crippen LogP contribution >= 0.6 is 0 Å². The normalized spacial score (nSPS) is 16.8. The van der Waals surface area contributed by atoms with E-state index in [1.807, 2.05) is 26.1 Å². The average molecular weight is 342 g/mol. The molecule has 1 N–H and O–H groups in total. The van der Waals surface area contributed by atoms with Crippen molar-refractivity contribution in [3.05, 3.63) is 47.6 Å². The van der Waals surface area contributed by atoms with E-state index in [2.05, 4.69) is 26.4 Å². The smallest absolute Gasteiger partial charge is 0.273 e. The third kappa shape index (κ3) is 4.45. The summed E-state index contributed by atoms with van der Waals surface area (Å²) in [5, 5.41) is 6.90. The fourth-order valence-electron chi connectivity index (χ4n) is 3.21. The van der Waals surface area contributed by atoms with Gasteiger partial charge in [0.25, 0.3) is 5.91 Å². The Balaban J connectivity index is 1.68. The highest BCUT2D eigenvalue weighted by molar-refractivity contribution is 5.92. The number of pyridine rings is 1. The SMILES string of the molecule is CC(C)c1cc(C(=O)NC[C@@H](c2cccnc2)N2CCCCC2)no1. The van der Waals surface area contributed by atoms with E-state index in [0.717, 1.165) is 24.4 Å². The van der Waals surface area contributed by atoms with E-state index in [-0.39, 0.29) is 17.9 Å². The molecular formula is C19H26N4O2. The number of hydrogen-bond acceptors (Lipinski definition) is 5. The monoisotopic (exact) mass is 342 g/mol. The summed E-state index contributed by atoms with van der Waals surface area (Å²) < 4.78 is 5.22. The van der Waals surface area contributed by atoms with Crippen LogP contribution in [0.15, 0.2) is 35.1 Å². The molecule has 0 aliphatic carbocycles. The molecule has 0 unspecified atom stereocenters. The molecule has 1 atom stereocenters. The largest absolute Gasteiger partial charge is 0.360 e. The van der Waals surface area contributed by atoms with Gasteiger partial charge in [0.1, 0.15) is 5.76 Å². The van der Waals surface area contributed by atoms with Crippen LogP contribution in [0.1, 0.15) is 66.9 Å². The maximum absolute atomic E-state index is 12.4. The van der Waals surface area contributed by atoms with E-state index < -0.39 is 0 Å². The molecule has 25 heavy (non-hydrogen) atoms. The topological polar surface area (TPSA) is 71.3 Å². The van der Waals surface area contributed by atoms with Gasteiger partial charge >= 0.3 is 0 Å². The van der Waals surface area contributed by atoms with Crippen molar-refractivity contribution in [2.24, 2.45) is 0 Å². The molecule has 0 aromatic carbocycles. The third-order valence-corrected chi connectivity index (χ3v) is 4.69. The van der Waals surface area contributed by atoms with Gasteiger partial charge in [0, 0.05) is 30.9 Å². The van der Waals surface area contributed by atoms with Gasteiger partial charge in [0.2, 0.25) is 0 Å². The Morgan fingerprint density at radius 2 is 2.12 bits per heavy atom. The van der Waals surface area contributed by atoms with E-state index in [9.17, 15) is 4.79 Å². The molecular weight excluding hydrogens is 316 g/mol. The van der Waals surface area contributed by atoms with E-state index in [1.54, 1.807) is 12.3 Å². The Kier molecular flexibility index (Phi) is 5.81. The minimum Gasteiger partial charge on any atom is -0.360 e. The number of nitrogens with zero attached hydrogens (tertiary/aromatic N) is 3. The van der Waals surface area contributed by atoms with Crippen molar-refractivity contribution in [1.82, 2.24) is 20.4 Å². The van der Waals surface area contributed by atoms with Gasteiger partial charge in [-0.05, 0) is 37.6 Å². The lowest BCUT2D eigenvalue weighted by molar-refractivity contribution is 0.0915. The van der Waals surface area contributed by atoms with Crippen LogP contribution in [-0.4, -0.2) is 40.6 Å². The summed E-state index contributed by atoms with van der Waals surface area (Å²) >= 11 is 0. The molecule has 1 saturated heterocycles. The molecule has 0 spiro atoms. The van der Waals surface area contributed by atoms with Crippen LogP contribution in [-0.2, 0) is 0 Å². The number of carbonyl (C=O) groups is 1. The summed E-state index contributed by atoms with van der Waals surface area (Å²) in [7, 11) is 0. The maximum atomic E-state index is 12.4. The van der Waals surface area contributed by atoms with Crippen molar-refractivity contribution in [2.45, 2.75) is 45.1 Å². The van der Waals surface area contributed by atoms with Crippen molar-refractivity contribution in [1.29, 1.82) is 0 Å². The first-order valence-corrected chi connectivity index (χ1v) is 9.04. The average Bonchev–Trinajstić information content (AvgIpc) is 3.14. The number of amides is 1. The highest BCUT2D eigenvalue weighted by Gasteiger charge is 2.24. The van der Waals surface area contributed by atoms with Gasteiger partial charge in [-0.15, -0.1) is 0 Å². The van der Waals surface area contributed by atoms with Crippen molar-refractivity contribution < 1.29 is 9.32 Å². The van der Waals surface area contributed by atoms with Gasteiger partial charge in [0.15, 0.2) is 5.69 Å². The molecule has 1 aliphatic heterocycles. The van der Waals surface area contributed by atoms with Crippen molar-refractivity contribution in [2.75, 3.05) is 19.6 Å². The molecule has 2 aromatic heterocycles. The second-order valence-corrected chi connectivity index (χ2v) is 6.88. The van der Waals surface area contributed by atoms with Gasteiger partial charge < -0.3 is 9.84 Å². The summed E-state index contributed by atoms with van der Waals surface area (Å²) in [6, 6.07) is 5.88. The highest BCUT2D eigenvalue weighted by atomic mass is 16.5. The van der Waals surface area contributed by atoms with Crippen molar-refractivity contribution in [3.8, 4) is 0 Å². The van der Waals surface area contributed by atoms with Crippen molar-refractivity contribution in [3.63, 3.8) is 0 Å². The third-order valence-electron chi connectivity index (χ3n) is 4.69. The molecule has 0 saturated carbocycles. The van der Waals surface area contributed by atoms with E-state index >= 15 is 0 Å². The predicted molar refractivity (Wildman–Crippen MR) is 95.3 cm³/mol. The van der Waals surface area contributed by atoms with Crippen LogP contribution in [0.2, 0.25) is 0 Å². The van der Waals surface area contributed by atoms with E-state index in [4.69, 9.17) is 4.52 Å². The second-order valence-electron chi connectivity index (χ2n) is 6.88. The first-order chi connectivity index (χ1) is 12.1. The molecule has 3 rings (SSSR count). The Morgan fingerprint density at radius 1 is 1.32 bits per heavy atom. The number of likely N-dealkylation sites (tertiary alicyclic amines) is 1. The van der Waals surface area contributed by atoms with Crippen LogP contribution in [0.3, 0.4) is 0 Å². The maximum Gasteiger partial charge on any atom is 0.273 e. The molecule has 0 radical (unpaired) electrons. The molecule has 1 amide bonds. The van der Waals surface area contributed by atoms with Crippen LogP contribution < -0.4 is 5.32 Å². The Labute approximate surface area is 148 Å². The van der Waals surface area contributed by atoms with Crippen molar-refractivity contribution >= 4 is 5.91 Å². The lowest BCUT2D eigenvalue weighted by Gasteiger charge is -2.34. The van der Waals surface area contributed by atoms with E-state index in [1.165, 1.54) is 19.3 Å². The van der Waals surface area contributed by atoms with Gasteiger partial charge in [-0.2, -0.15) is 0 Å². The molecule has 6 nitrogen and oxygen atoms in total. The fraction of sp³-hybridized carbons (Fsp3) is 0.526. The molecule has 1 fully saturated rings. The molecule has 2 aromatic rings. The molecule has 134 valence electrons. The lowest BCUT2D eigenvalue weighted by Crippen LogP contribution is -2.40. The zero-order valence-corrected chi connectivity index (χ0v) is 14.9. The second kappa shape index (κ2) is 8.25. The predicted octanol–water partition coefficient (Wildman–Crippen LogP) is 3.15. The standard InChI is InChI=1S/C19H26N4O2/c1-14(2)18-11-16(22-25-18)19(24)21-13-17(15-7-6-8-20-12-15)23-9-4-3-5-10-23/h6-8,11-12,14,17H,3-5,9-10,13H2,1-2H3,(H,21,24)/t17-/m0/s1. The Bertz CT molecular complexity index is 678. The quantitative estimate of drug-likeness (QED) is 0.873. The summed E-state index contributed by atoms with van der Waals surface area (Å²) in [5.74, 6) is 0.747. The molecule has 3 heterocycles. The Hall–Kier alpha value is -2.21. The number of nitrogens with one attached hydrogen (secondary N) is 1. The zero-order chi connectivity index (χ0) is 17.6. The Morgan fingerprint density at radius 3 is 2.76 bits per heavy atom. The molecule has 6 heteroatoms. The fourth-order valence-corrected chi connectivity index (χ4v) is 3.21. The highest BCUT2D eigenvalue weighted by Crippen LogP contribution is 2.23. The van der Waals surface area contributed by atoms with Crippen LogP contribution in [0.4, 0.5) is 0 Å². The molecule has 1 aliphatic rings. The number of carbonyl (C=O) groups excluding carboxylic acids is 1. The minimum atomic E-state index is -0.193. The van der Waals surface area contributed by atoms with Crippen LogP contribution in [0.25, 0.3) is 0 Å². The first kappa shape index (κ1) is 17.6. The summed E-state index contributed by atoms with van der Waals surface area (Å²) in [4.78, 5) is 19.1. The number of aromatic nitrogens is 2. The number of rotatable bonds is 6.